The Morgan fingerprint density at radius 2 is 1.92 bits per heavy atom. The van der Waals surface area contributed by atoms with Crippen LogP contribution in [-0.2, 0) is 4.79 Å². The van der Waals surface area contributed by atoms with Crippen LogP contribution in [0.4, 0.5) is 0 Å². The molecule has 2 N–H and O–H groups in total. The van der Waals surface area contributed by atoms with Crippen molar-refractivity contribution < 1.29 is 4.79 Å². The van der Waals surface area contributed by atoms with E-state index in [2.05, 4.69) is 15.3 Å². The molecule has 2 aromatic rings. The number of fused-ring (bicyclic) bond motifs is 1. The lowest BCUT2D eigenvalue weighted by molar-refractivity contribution is -0.124. The first-order valence-corrected chi connectivity index (χ1v) is 10.5. The zero-order valence-electron chi connectivity index (χ0n) is 14.1. The number of hydrogen-bond acceptors (Lipinski definition) is 3. The molecule has 0 unspecified atom stereocenters. The average molecular weight is 376 g/mol. The number of carbonyl (C=O) groups is 1. The number of imidazole rings is 1. The lowest BCUT2D eigenvalue weighted by atomic mass is 9.53. The topological polar surface area (TPSA) is 57.8 Å². The van der Waals surface area contributed by atoms with Gasteiger partial charge >= 0.3 is 0 Å². The highest BCUT2D eigenvalue weighted by atomic mass is 35.5. The van der Waals surface area contributed by atoms with E-state index in [0.29, 0.717) is 10.8 Å². The summed E-state index contributed by atoms with van der Waals surface area (Å²) < 4.78 is 0. The van der Waals surface area contributed by atoms with E-state index in [4.69, 9.17) is 11.6 Å². The van der Waals surface area contributed by atoms with Gasteiger partial charge in [-0.05, 0) is 74.5 Å². The molecule has 4 bridgehead atoms. The molecular weight excluding hydrogens is 354 g/mol. The highest BCUT2D eigenvalue weighted by molar-refractivity contribution is 7.99. The molecule has 132 valence electrons. The summed E-state index contributed by atoms with van der Waals surface area (Å²) >= 11 is 7.48. The lowest BCUT2D eigenvalue weighted by Gasteiger charge is -2.56. The monoisotopic (exact) mass is 375 g/mol. The summed E-state index contributed by atoms with van der Waals surface area (Å²) in [6.45, 7) is 0. The van der Waals surface area contributed by atoms with Crippen molar-refractivity contribution in [3.8, 4) is 0 Å². The zero-order valence-corrected chi connectivity index (χ0v) is 15.6. The van der Waals surface area contributed by atoms with Crippen LogP contribution < -0.4 is 5.32 Å². The molecule has 25 heavy (non-hydrogen) atoms. The predicted molar refractivity (Wildman–Crippen MR) is 101 cm³/mol. The third-order valence-electron chi connectivity index (χ3n) is 6.21. The van der Waals surface area contributed by atoms with Crippen molar-refractivity contribution in [3.63, 3.8) is 0 Å². The largest absolute Gasteiger partial charge is 0.350 e. The molecule has 4 nitrogen and oxygen atoms in total. The van der Waals surface area contributed by atoms with Crippen LogP contribution in [0.1, 0.15) is 38.5 Å². The second-order valence-corrected chi connectivity index (χ2v) is 9.64. The Morgan fingerprint density at radius 3 is 2.60 bits per heavy atom. The summed E-state index contributed by atoms with van der Waals surface area (Å²) in [6.07, 6.45) is 7.76. The zero-order chi connectivity index (χ0) is 17.0. The van der Waals surface area contributed by atoms with Gasteiger partial charge in [-0.3, -0.25) is 4.79 Å². The first-order chi connectivity index (χ1) is 12.1. The van der Waals surface area contributed by atoms with E-state index in [0.717, 1.165) is 33.9 Å². The van der Waals surface area contributed by atoms with Crippen LogP contribution >= 0.6 is 23.4 Å². The second kappa shape index (κ2) is 5.92. The number of thioether (sulfide) groups is 1. The van der Waals surface area contributed by atoms with Crippen molar-refractivity contribution in [2.75, 3.05) is 5.75 Å². The number of aromatic amines is 1. The summed E-state index contributed by atoms with van der Waals surface area (Å²) in [6, 6.07) is 5.59. The standard InChI is InChI=1S/C19H22ClN3OS/c20-14-1-2-15-16(6-14)22-18(21-15)25-10-17(24)23-19-7-11-3-12(8-19)5-13(4-11)9-19/h1-2,6,11-13H,3-5,7-10H2,(H,21,22)(H,23,24). The number of carbonyl (C=O) groups excluding carboxylic acids is 1. The molecule has 4 saturated carbocycles. The number of rotatable bonds is 4. The highest BCUT2D eigenvalue weighted by Crippen LogP contribution is 2.55. The Labute approximate surface area is 156 Å². The Hall–Kier alpha value is -1.20. The maximum absolute atomic E-state index is 12.6. The molecule has 4 fully saturated rings. The Morgan fingerprint density at radius 1 is 1.24 bits per heavy atom. The maximum atomic E-state index is 12.6. The van der Waals surface area contributed by atoms with Crippen molar-refractivity contribution in [2.45, 2.75) is 49.2 Å². The fourth-order valence-electron chi connectivity index (χ4n) is 5.76. The molecule has 1 heterocycles. The van der Waals surface area contributed by atoms with Crippen molar-refractivity contribution in [2.24, 2.45) is 17.8 Å². The summed E-state index contributed by atoms with van der Waals surface area (Å²) in [7, 11) is 0. The van der Waals surface area contributed by atoms with Crippen LogP contribution in [0.15, 0.2) is 23.4 Å². The molecule has 0 radical (unpaired) electrons. The van der Waals surface area contributed by atoms with Crippen molar-refractivity contribution >= 4 is 40.3 Å². The van der Waals surface area contributed by atoms with E-state index in [-0.39, 0.29) is 11.4 Å². The van der Waals surface area contributed by atoms with Gasteiger partial charge in [0.1, 0.15) is 0 Å². The van der Waals surface area contributed by atoms with Crippen molar-refractivity contribution in [3.05, 3.63) is 23.2 Å². The van der Waals surface area contributed by atoms with Crippen LogP contribution in [0.3, 0.4) is 0 Å². The quantitative estimate of drug-likeness (QED) is 0.779. The van der Waals surface area contributed by atoms with Gasteiger partial charge in [-0.2, -0.15) is 0 Å². The molecule has 1 aromatic carbocycles. The Kier molecular flexibility index (Phi) is 3.79. The van der Waals surface area contributed by atoms with Crippen LogP contribution in [0.5, 0.6) is 0 Å². The second-order valence-electron chi connectivity index (χ2n) is 8.24. The van der Waals surface area contributed by atoms with Crippen LogP contribution in [0.2, 0.25) is 5.02 Å². The highest BCUT2D eigenvalue weighted by Gasteiger charge is 2.51. The fourth-order valence-corrected chi connectivity index (χ4v) is 6.61. The molecule has 0 atom stereocenters. The molecule has 6 rings (SSSR count). The van der Waals surface area contributed by atoms with Crippen LogP contribution in [0.25, 0.3) is 11.0 Å². The summed E-state index contributed by atoms with van der Waals surface area (Å²) in [5.74, 6) is 3.10. The van der Waals surface area contributed by atoms with Gasteiger partial charge in [0.2, 0.25) is 5.91 Å². The maximum Gasteiger partial charge on any atom is 0.230 e. The molecule has 1 amide bonds. The van der Waals surface area contributed by atoms with Crippen molar-refractivity contribution in [1.29, 1.82) is 0 Å². The van der Waals surface area contributed by atoms with Crippen LogP contribution in [-0.4, -0.2) is 27.2 Å². The molecule has 0 spiro atoms. The van der Waals surface area contributed by atoms with Gasteiger partial charge in [0, 0.05) is 10.6 Å². The van der Waals surface area contributed by atoms with Gasteiger partial charge in [0.15, 0.2) is 5.16 Å². The molecule has 0 aliphatic heterocycles. The number of halogens is 1. The number of amides is 1. The molecule has 6 heteroatoms. The number of aromatic nitrogens is 2. The third-order valence-corrected chi connectivity index (χ3v) is 7.31. The minimum Gasteiger partial charge on any atom is -0.350 e. The van der Waals surface area contributed by atoms with E-state index in [1.807, 2.05) is 18.2 Å². The van der Waals surface area contributed by atoms with Gasteiger partial charge in [0.25, 0.3) is 0 Å². The van der Waals surface area contributed by atoms with E-state index in [1.165, 1.54) is 50.3 Å². The summed E-state index contributed by atoms with van der Waals surface area (Å²) in [5, 5.41) is 4.88. The van der Waals surface area contributed by atoms with E-state index in [1.54, 1.807) is 0 Å². The smallest absolute Gasteiger partial charge is 0.230 e. The van der Waals surface area contributed by atoms with E-state index < -0.39 is 0 Å². The number of nitrogens with zero attached hydrogens (tertiary/aromatic N) is 1. The lowest BCUT2D eigenvalue weighted by Crippen LogP contribution is -2.60. The van der Waals surface area contributed by atoms with Crippen molar-refractivity contribution in [1.82, 2.24) is 15.3 Å². The molecule has 0 saturated heterocycles. The number of H-pyrrole nitrogens is 1. The third kappa shape index (κ3) is 3.06. The van der Waals surface area contributed by atoms with Crippen LogP contribution in [0, 0.1) is 17.8 Å². The first-order valence-electron chi connectivity index (χ1n) is 9.16. The summed E-state index contributed by atoms with van der Waals surface area (Å²) in [5.41, 5.74) is 1.89. The SMILES string of the molecule is O=C(CSc1nc2ccc(Cl)cc2[nH]1)NC12CC3CC(CC(C3)C1)C2. The van der Waals surface area contributed by atoms with Gasteiger partial charge in [-0.1, -0.05) is 23.4 Å². The Balaban J connectivity index is 1.23. The van der Waals surface area contributed by atoms with E-state index in [9.17, 15) is 4.79 Å². The minimum atomic E-state index is 0.0911. The van der Waals surface area contributed by atoms with Gasteiger partial charge in [0.05, 0.1) is 16.8 Å². The van der Waals surface area contributed by atoms with Gasteiger partial charge in [-0.15, -0.1) is 0 Å². The van der Waals surface area contributed by atoms with Gasteiger partial charge < -0.3 is 10.3 Å². The molecule has 1 aromatic heterocycles. The average Bonchev–Trinajstić information content (AvgIpc) is 2.93. The molecular formula is C19H22ClN3OS. The first kappa shape index (κ1) is 16.0. The van der Waals surface area contributed by atoms with E-state index >= 15 is 0 Å². The number of benzene rings is 1. The minimum absolute atomic E-state index is 0.0911. The predicted octanol–water partition coefficient (Wildman–Crippen LogP) is 4.39. The fraction of sp³-hybridized carbons (Fsp3) is 0.579. The number of hydrogen-bond donors (Lipinski definition) is 2. The van der Waals surface area contributed by atoms with Gasteiger partial charge in [-0.25, -0.2) is 4.98 Å². The molecule has 4 aliphatic carbocycles. The summed E-state index contributed by atoms with van der Waals surface area (Å²) in [4.78, 5) is 20.3. The normalized spacial score (nSPS) is 33.1. The number of nitrogens with one attached hydrogen (secondary N) is 2. The Bertz CT molecular complexity index is 798. The molecule has 4 aliphatic rings.